The largest absolute Gasteiger partial charge is 0.378 e. The minimum Gasteiger partial charge on any atom is -0.378 e. The van der Waals surface area contributed by atoms with E-state index in [4.69, 9.17) is 10.5 Å². The van der Waals surface area contributed by atoms with Gasteiger partial charge in [0.05, 0.1) is 31.3 Å². The molecule has 0 aliphatic carbocycles. The van der Waals surface area contributed by atoms with E-state index in [-0.39, 0.29) is 5.91 Å². The number of nitrogens with two attached hydrogens (primary N) is 1. The lowest BCUT2D eigenvalue weighted by Gasteiger charge is -2.40. The van der Waals surface area contributed by atoms with Crippen LogP contribution in [0.15, 0.2) is 0 Å². The molecular formula is C13H26N4O2. The average molecular weight is 270 g/mol. The highest BCUT2D eigenvalue weighted by Crippen LogP contribution is 2.18. The van der Waals surface area contributed by atoms with Gasteiger partial charge in [-0.3, -0.25) is 9.69 Å². The van der Waals surface area contributed by atoms with Gasteiger partial charge in [-0.05, 0) is 21.0 Å². The first-order chi connectivity index (χ1) is 9.00. The predicted molar refractivity (Wildman–Crippen MR) is 73.9 cm³/mol. The number of ether oxygens (including phenoxy) is 1. The van der Waals surface area contributed by atoms with E-state index in [1.54, 1.807) is 6.92 Å². The van der Waals surface area contributed by atoms with Crippen LogP contribution in [0.3, 0.4) is 0 Å². The summed E-state index contributed by atoms with van der Waals surface area (Å²) in [5, 5.41) is 0. The van der Waals surface area contributed by atoms with Gasteiger partial charge in [0.1, 0.15) is 0 Å². The third kappa shape index (κ3) is 3.25. The highest BCUT2D eigenvalue weighted by molar-refractivity contribution is 5.81. The van der Waals surface area contributed by atoms with Gasteiger partial charge in [-0.1, -0.05) is 0 Å². The Hall–Kier alpha value is -0.690. The monoisotopic (exact) mass is 270 g/mol. The molecule has 2 aliphatic heterocycles. The summed E-state index contributed by atoms with van der Waals surface area (Å²) in [6.07, 6.45) is 0. The first-order valence-electron chi connectivity index (χ1n) is 7.03. The minimum absolute atomic E-state index is 0.0616. The normalized spacial score (nSPS) is 30.9. The van der Waals surface area contributed by atoms with Gasteiger partial charge in [-0.15, -0.1) is 0 Å². The van der Waals surface area contributed by atoms with Crippen LogP contribution >= 0.6 is 0 Å². The third-order valence-corrected chi connectivity index (χ3v) is 4.17. The molecule has 0 saturated carbocycles. The van der Waals surface area contributed by atoms with Crippen molar-refractivity contribution >= 4 is 5.91 Å². The Morgan fingerprint density at radius 3 is 2.42 bits per heavy atom. The summed E-state index contributed by atoms with van der Waals surface area (Å²) < 4.78 is 5.61. The number of carbonyl (C=O) groups is 1. The second-order valence-electron chi connectivity index (χ2n) is 5.79. The van der Waals surface area contributed by atoms with Gasteiger partial charge in [0.15, 0.2) is 0 Å². The highest BCUT2D eigenvalue weighted by Gasteiger charge is 2.36. The first kappa shape index (κ1) is 14.7. The molecule has 110 valence electrons. The van der Waals surface area contributed by atoms with Crippen LogP contribution in [0.5, 0.6) is 0 Å². The molecule has 2 fully saturated rings. The Bertz CT molecular complexity index is 314. The van der Waals surface area contributed by atoms with Gasteiger partial charge < -0.3 is 20.3 Å². The van der Waals surface area contributed by atoms with Crippen molar-refractivity contribution in [2.45, 2.75) is 25.0 Å². The van der Waals surface area contributed by atoms with Crippen molar-refractivity contribution < 1.29 is 9.53 Å². The number of carbonyl (C=O) groups excluding carboxylic acids is 1. The van der Waals surface area contributed by atoms with Crippen molar-refractivity contribution in [2.24, 2.45) is 5.73 Å². The summed E-state index contributed by atoms with van der Waals surface area (Å²) in [7, 11) is 4.20. The van der Waals surface area contributed by atoms with Crippen molar-refractivity contribution in [1.29, 1.82) is 0 Å². The molecule has 1 amide bonds. The fourth-order valence-corrected chi connectivity index (χ4v) is 2.94. The molecule has 6 nitrogen and oxygen atoms in total. The van der Waals surface area contributed by atoms with Crippen molar-refractivity contribution in [1.82, 2.24) is 14.7 Å². The van der Waals surface area contributed by atoms with Crippen LogP contribution in [0, 0.1) is 0 Å². The number of rotatable bonds is 3. The Balaban J connectivity index is 1.88. The van der Waals surface area contributed by atoms with E-state index in [1.807, 2.05) is 4.90 Å². The molecule has 2 heterocycles. The van der Waals surface area contributed by atoms with E-state index in [0.29, 0.717) is 12.1 Å². The molecule has 0 spiro atoms. The van der Waals surface area contributed by atoms with Gasteiger partial charge in [-0.25, -0.2) is 0 Å². The molecule has 0 bridgehead atoms. The minimum atomic E-state index is -0.393. The zero-order valence-corrected chi connectivity index (χ0v) is 12.2. The molecule has 0 aromatic heterocycles. The summed E-state index contributed by atoms with van der Waals surface area (Å²) in [6.45, 7) is 6.73. The van der Waals surface area contributed by atoms with E-state index < -0.39 is 6.04 Å². The molecule has 2 saturated heterocycles. The van der Waals surface area contributed by atoms with Crippen LogP contribution < -0.4 is 5.73 Å². The van der Waals surface area contributed by atoms with Crippen LogP contribution in [-0.4, -0.2) is 92.2 Å². The molecule has 0 radical (unpaired) electrons. The lowest BCUT2D eigenvalue weighted by Crippen LogP contribution is -2.58. The standard InChI is InChI=1S/C13H26N4O2/c1-10(14)13(18)17-6-4-16(5-7-17)12-9-19-8-11(12)15(2)3/h10-12H,4-9,14H2,1-3H3/t10-,11?,12?/m0/s1. The van der Waals surface area contributed by atoms with Crippen LogP contribution in [-0.2, 0) is 9.53 Å². The summed E-state index contributed by atoms with van der Waals surface area (Å²) in [5.41, 5.74) is 5.65. The van der Waals surface area contributed by atoms with E-state index in [2.05, 4.69) is 23.9 Å². The summed E-state index contributed by atoms with van der Waals surface area (Å²) in [5.74, 6) is 0.0616. The number of nitrogens with zero attached hydrogens (tertiary/aromatic N) is 3. The fraction of sp³-hybridized carbons (Fsp3) is 0.923. The van der Waals surface area contributed by atoms with Crippen LogP contribution in [0.4, 0.5) is 0 Å². The number of piperazine rings is 1. The SMILES string of the molecule is C[C@H](N)C(=O)N1CCN(C2COCC2N(C)C)CC1. The van der Waals surface area contributed by atoms with E-state index >= 15 is 0 Å². The Morgan fingerprint density at radius 1 is 1.26 bits per heavy atom. The average Bonchev–Trinajstić information content (AvgIpc) is 2.87. The molecule has 3 atom stereocenters. The van der Waals surface area contributed by atoms with Crippen molar-refractivity contribution in [3.05, 3.63) is 0 Å². The van der Waals surface area contributed by atoms with E-state index in [0.717, 1.165) is 39.4 Å². The fourth-order valence-electron chi connectivity index (χ4n) is 2.94. The molecule has 19 heavy (non-hydrogen) atoms. The second kappa shape index (κ2) is 6.17. The first-order valence-corrected chi connectivity index (χ1v) is 7.03. The van der Waals surface area contributed by atoms with Crippen molar-refractivity contribution in [3.63, 3.8) is 0 Å². The maximum atomic E-state index is 11.8. The second-order valence-corrected chi connectivity index (χ2v) is 5.79. The molecule has 2 unspecified atom stereocenters. The number of hydrogen-bond donors (Lipinski definition) is 1. The van der Waals surface area contributed by atoms with Gasteiger partial charge in [0.2, 0.25) is 5.91 Å². The van der Waals surface area contributed by atoms with Gasteiger partial charge in [-0.2, -0.15) is 0 Å². The predicted octanol–water partition coefficient (Wildman–Crippen LogP) is -1.19. The Morgan fingerprint density at radius 2 is 1.89 bits per heavy atom. The molecule has 2 aliphatic rings. The molecule has 0 aromatic rings. The topological polar surface area (TPSA) is 62.0 Å². The molecule has 2 rings (SSSR count). The summed E-state index contributed by atoms with van der Waals surface area (Å²) in [6, 6.07) is 0.508. The Labute approximate surface area is 115 Å². The number of likely N-dealkylation sites (N-methyl/N-ethyl adjacent to an activating group) is 1. The van der Waals surface area contributed by atoms with Crippen molar-refractivity contribution in [2.75, 3.05) is 53.5 Å². The van der Waals surface area contributed by atoms with Gasteiger partial charge in [0.25, 0.3) is 0 Å². The van der Waals surface area contributed by atoms with Crippen molar-refractivity contribution in [3.8, 4) is 0 Å². The molecule has 0 aromatic carbocycles. The maximum Gasteiger partial charge on any atom is 0.239 e. The van der Waals surface area contributed by atoms with Crippen LogP contribution in [0.25, 0.3) is 0 Å². The summed E-state index contributed by atoms with van der Waals surface area (Å²) >= 11 is 0. The van der Waals surface area contributed by atoms with E-state index in [1.165, 1.54) is 0 Å². The molecule has 6 heteroatoms. The molecular weight excluding hydrogens is 244 g/mol. The maximum absolute atomic E-state index is 11.8. The lowest BCUT2D eigenvalue weighted by atomic mass is 10.1. The number of hydrogen-bond acceptors (Lipinski definition) is 5. The van der Waals surface area contributed by atoms with Gasteiger partial charge >= 0.3 is 0 Å². The zero-order chi connectivity index (χ0) is 14.0. The molecule has 2 N–H and O–H groups in total. The number of amides is 1. The smallest absolute Gasteiger partial charge is 0.239 e. The van der Waals surface area contributed by atoms with Gasteiger partial charge in [0, 0.05) is 26.2 Å². The van der Waals surface area contributed by atoms with Crippen LogP contribution in [0.2, 0.25) is 0 Å². The Kier molecular flexibility index (Phi) is 4.78. The summed E-state index contributed by atoms with van der Waals surface area (Å²) in [4.78, 5) is 18.4. The van der Waals surface area contributed by atoms with Crippen LogP contribution in [0.1, 0.15) is 6.92 Å². The lowest BCUT2D eigenvalue weighted by molar-refractivity contribution is -0.134. The third-order valence-electron chi connectivity index (χ3n) is 4.17. The quantitative estimate of drug-likeness (QED) is 0.698. The highest BCUT2D eigenvalue weighted by atomic mass is 16.5. The van der Waals surface area contributed by atoms with E-state index in [9.17, 15) is 4.79 Å². The zero-order valence-electron chi connectivity index (χ0n) is 12.2.